The fraction of sp³-hybridized carbons (Fsp3) is 0.600. The summed E-state index contributed by atoms with van der Waals surface area (Å²) in [6.45, 7) is 4.40. The number of aryl methyl sites for hydroxylation is 1. The van der Waals surface area contributed by atoms with E-state index in [0.717, 1.165) is 56.8 Å². The van der Waals surface area contributed by atoms with Crippen molar-refractivity contribution in [1.29, 1.82) is 0 Å². The van der Waals surface area contributed by atoms with Crippen LogP contribution in [0.1, 0.15) is 24.8 Å². The van der Waals surface area contributed by atoms with E-state index in [1.807, 2.05) is 11.0 Å². The van der Waals surface area contributed by atoms with Crippen molar-refractivity contribution >= 4 is 11.9 Å². The fourth-order valence-corrected chi connectivity index (χ4v) is 3.63. The Kier molecular flexibility index (Phi) is 7.04. The third kappa shape index (κ3) is 5.42. The van der Waals surface area contributed by atoms with Gasteiger partial charge in [-0.05, 0) is 43.4 Å². The maximum Gasteiger partial charge on any atom is 0.251 e. The van der Waals surface area contributed by atoms with Crippen LogP contribution in [0.15, 0.2) is 29.3 Å². The molecule has 0 aliphatic carbocycles. The zero-order valence-corrected chi connectivity index (χ0v) is 16.0. The maximum atomic E-state index is 13.2. The van der Waals surface area contributed by atoms with Gasteiger partial charge in [0, 0.05) is 46.4 Å². The Morgan fingerprint density at radius 3 is 2.74 bits per heavy atom. The average Bonchev–Trinajstić information content (AvgIpc) is 3.23. The monoisotopic (exact) mass is 376 g/mol. The molecule has 1 aromatic rings. The summed E-state index contributed by atoms with van der Waals surface area (Å²) in [6, 6.07) is 6.74. The molecule has 2 heterocycles. The van der Waals surface area contributed by atoms with Gasteiger partial charge in [0.1, 0.15) is 11.9 Å². The minimum Gasteiger partial charge on any atom is -0.368 e. The molecule has 2 fully saturated rings. The Labute approximate surface area is 160 Å². The Balaban J connectivity index is 1.39. The second-order valence-corrected chi connectivity index (χ2v) is 7.02. The van der Waals surface area contributed by atoms with E-state index >= 15 is 0 Å². The van der Waals surface area contributed by atoms with E-state index in [1.54, 1.807) is 19.2 Å². The van der Waals surface area contributed by atoms with Gasteiger partial charge >= 0.3 is 0 Å². The van der Waals surface area contributed by atoms with Gasteiger partial charge in [-0.2, -0.15) is 0 Å². The number of carbonyl (C=O) groups excluding carboxylic acids is 1. The molecule has 2 aliphatic rings. The smallest absolute Gasteiger partial charge is 0.251 e. The number of carbonyl (C=O) groups is 1. The van der Waals surface area contributed by atoms with Gasteiger partial charge in [0.05, 0.1) is 0 Å². The summed E-state index contributed by atoms with van der Waals surface area (Å²) in [7, 11) is 1.78. The molecule has 27 heavy (non-hydrogen) atoms. The molecule has 1 N–H and O–H groups in total. The van der Waals surface area contributed by atoms with Crippen LogP contribution < -0.4 is 5.32 Å². The van der Waals surface area contributed by atoms with Crippen molar-refractivity contribution in [3.8, 4) is 0 Å². The molecule has 0 aromatic heterocycles. The van der Waals surface area contributed by atoms with Crippen LogP contribution in [-0.2, 0) is 16.0 Å². The van der Waals surface area contributed by atoms with Gasteiger partial charge in [-0.25, -0.2) is 4.39 Å². The quantitative estimate of drug-likeness (QED) is 0.482. The van der Waals surface area contributed by atoms with Gasteiger partial charge in [0.25, 0.3) is 5.91 Å². The lowest BCUT2D eigenvalue weighted by molar-refractivity contribution is -0.142. The number of ether oxygens (including phenoxy) is 1. The van der Waals surface area contributed by atoms with Crippen LogP contribution in [0.5, 0.6) is 0 Å². The maximum absolute atomic E-state index is 13.2. The lowest BCUT2D eigenvalue weighted by Gasteiger charge is -2.37. The molecule has 2 saturated heterocycles. The van der Waals surface area contributed by atoms with E-state index in [0.29, 0.717) is 19.7 Å². The van der Waals surface area contributed by atoms with Gasteiger partial charge in [-0.15, -0.1) is 0 Å². The first-order valence-corrected chi connectivity index (χ1v) is 9.78. The topological polar surface area (TPSA) is 57.2 Å². The number of aliphatic imine (C=N–C) groups is 1. The number of hydrogen-bond acceptors (Lipinski definition) is 3. The minimum absolute atomic E-state index is 0.130. The summed E-state index contributed by atoms with van der Waals surface area (Å²) in [6.07, 6.45) is 3.30. The number of piperazine rings is 1. The Morgan fingerprint density at radius 1 is 1.30 bits per heavy atom. The lowest BCUT2D eigenvalue weighted by atomic mass is 10.1. The largest absolute Gasteiger partial charge is 0.368 e. The Hall–Kier alpha value is -2.15. The third-order valence-corrected chi connectivity index (χ3v) is 5.12. The molecule has 1 unspecified atom stereocenters. The first-order chi connectivity index (χ1) is 13.2. The number of amides is 1. The lowest BCUT2D eigenvalue weighted by Crippen LogP contribution is -2.55. The number of hydrogen-bond donors (Lipinski definition) is 1. The van der Waals surface area contributed by atoms with Gasteiger partial charge in [0.2, 0.25) is 0 Å². The van der Waals surface area contributed by atoms with Gasteiger partial charge in [0.15, 0.2) is 5.96 Å². The van der Waals surface area contributed by atoms with Crippen LogP contribution >= 0.6 is 0 Å². The van der Waals surface area contributed by atoms with Crippen molar-refractivity contribution in [3.63, 3.8) is 0 Å². The molecule has 0 bridgehead atoms. The molecule has 1 aromatic carbocycles. The number of rotatable bonds is 5. The predicted molar refractivity (Wildman–Crippen MR) is 103 cm³/mol. The highest BCUT2D eigenvalue weighted by atomic mass is 19.1. The average molecular weight is 376 g/mol. The van der Waals surface area contributed by atoms with E-state index in [-0.39, 0.29) is 17.8 Å². The zero-order chi connectivity index (χ0) is 19.1. The summed E-state index contributed by atoms with van der Waals surface area (Å²) in [4.78, 5) is 20.9. The van der Waals surface area contributed by atoms with Crippen LogP contribution in [0, 0.1) is 5.82 Å². The highest BCUT2D eigenvalue weighted by molar-refractivity contribution is 5.82. The summed E-state index contributed by atoms with van der Waals surface area (Å²) in [5, 5.41) is 3.38. The molecule has 1 atom stereocenters. The first-order valence-electron chi connectivity index (χ1n) is 9.78. The molecule has 7 heteroatoms. The van der Waals surface area contributed by atoms with Crippen LogP contribution in [-0.4, -0.2) is 74.1 Å². The third-order valence-electron chi connectivity index (χ3n) is 5.12. The van der Waals surface area contributed by atoms with Gasteiger partial charge in [-0.3, -0.25) is 9.79 Å². The second-order valence-electron chi connectivity index (χ2n) is 7.02. The molecular weight excluding hydrogens is 347 g/mol. The molecular formula is C20H29FN4O2. The van der Waals surface area contributed by atoms with Crippen molar-refractivity contribution in [3.05, 3.63) is 35.6 Å². The van der Waals surface area contributed by atoms with Crippen molar-refractivity contribution in [1.82, 2.24) is 15.1 Å². The molecule has 0 spiro atoms. The molecule has 2 aliphatic heterocycles. The van der Waals surface area contributed by atoms with E-state index in [4.69, 9.17) is 4.74 Å². The number of guanidine groups is 1. The van der Waals surface area contributed by atoms with Crippen LogP contribution in [0.3, 0.4) is 0 Å². The molecule has 148 valence electrons. The Morgan fingerprint density at radius 2 is 2.07 bits per heavy atom. The zero-order valence-electron chi connectivity index (χ0n) is 16.0. The molecule has 0 radical (unpaired) electrons. The molecule has 0 saturated carbocycles. The van der Waals surface area contributed by atoms with E-state index in [1.165, 1.54) is 6.07 Å². The van der Waals surface area contributed by atoms with Crippen molar-refractivity contribution in [2.45, 2.75) is 31.8 Å². The van der Waals surface area contributed by atoms with E-state index in [2.05, 4.69) is 15.2 Å². The standard InChI is InChI=1S/C20H29FN4O2/c1-22-20(23-9-3-6-16-5-2-7-17(21)15-16)25-12-10-24(11-13-25)19(26)18-8-4-14-27-18/h2,5,7,15,18H,3-4,6,8-14H2,1H3,(H,22,23). The van der Waals surface area contributed by atoms with Crippen LogP contribution in [0.25, 0.3) is 0 Å². The van der Waals surface area contributed by atoms with Crippen molar-refractivity contribution in [2.24, 2.45) is 4.99 Å². The molecule has 6 nitrogen and oxygen atoms in total. The first kappa shape index (κ1) is 19.6. The number of nitrogens with zero attached hydrogens (tertiary/aromatic N) is 3. The molecule has 3 rings (SSSR count). The highest BCUT2D eigenvalue weighted by Gasteiger charge is 2.30. The fourth-order valence-electron chi connectivity index (χ4n) is 3.63. The number of halogens is 1. The SMILES string of the molecule is CN=C(NCCCc1cccc(F)c1)N1CCN(C(=O)C2CCCO2)CC1. The van der Waals surface area contributed by atoms with Gasteiger partial charge in [-0.1, -0.05) is 12.1 Å². The predicted octanol–water partition coefficient (Wildman–Crippen LogP) is 1.66. The summed E-state index contributed by atoms with van der Waals surface area (Å²) >= 11 is 0. The van der Waals surface area contributed by atoms with Gasteiger partial charge < -0.3 is 19.9 Å². The normalized spacial score (nSPS) is 20.8. The second kappa shape index (κ2) is 9.69. The number of benzene rings is 1. The minimum atomic E-state index is -0.239. The van der Waals surface area contributed by atoms with Crippen molar-refractivity contribution < 1.29 is 13.9 Å². The molecule has 1 amide bonds. The Bertz CT molecular complexity index is 653. The van der Waals surface area contributed by atoms with E-state index < -0.39 is 0 Å². The van der Waals surface area contributed by atoms with Crippen LogP contribution in [0.4, 0.5) is 4.39 Å². The van der Waals surface area contributed by atoms with E-state index in [9.17, 15) is 9.18 Å². The van der Waals surface area contributed by atoms with Crippen molar-refractivity contribution in [2.75, 3.05) is 46.4 Å². The highest BCUT2D eigenvalue weighted by Crippen LogP contribution is 2.16. The summed E-state index contributed by atoms with van der Waals surface area (Å²) < 4.78 is 18.7. The summed E-state index contributed by atoms with van der Waals surface area (Å²) in [5.74, 6) is 0.801. The van der Waals surface area contributed by atoms with Crippen LogP contribution in [0.2, 0.25) is 0 Å². The summed E-state index contributed by atoms with van der Waals surface area (Å²) in [5.41, 5.74) is 1.01. The number of nitrogens with one attached hydrogen (secondary N) is 1.